The average Bonchev–Trinajstić information content (AvgIpc) is 2.69. The lowest BCUT2D eigenvalue weighted by Gasteiger charge is -2.13. The van der Waals surface area contributed by atoms with Crippen LogP contribution in [-0.4, -0.2) is 24.5 Å². The molecule has 0 aliphatic carbocycles. The number of anilines is 1. The lowest BCUT2D eigenvalue weighted by Crippen LogP contribution is -2.36. The molecule has 0 aliphatic heterocycles. The molecule has 0 aliphatic rings. The van der Waals surface area contributed by atoms with Crippen molar-refractivity contribution in [1.82, 2.24) is 5.32 Å². The molecule has 6 heteroatoms. The number of nitrogen functional groups attached to an aromatic ring is 1. The Bertz CT molecular complexity index is 463. The predicted octanol–water partition coefficient (Wildman–Crippen LogP) is 2.35. The van der Waals surface area contributed by atoms with Crippen LogP contribution in [0.2, 0.25) is 0 Å². The van der Waals surface area contributed by atoms with Crippen LogP contribution in [0.4, 0.5) is 5.69 Å². The van der Waals surface area contributed by atoms with Crippen molar-refractivity contribution in [3.05, 3.63) is 15.8 Å². The van der Waals surface area contributed by atoms with Gasteiger partial charge in [0.15, 0.2) is 6.10 Å². The quantitative estimate of drug-likeness (QED) is 0.790. The molecule has 1 amide bonds. The number of nitrogens with two attached hydrogens (primary N) is 1. The monoisotopic (exact) mass is 298 g/mol. The lowest BCUT2D eigenvalue weighted by atomic mass is 10.1. The number of rotatable bonds is 6. The highest BCUT2D eigenvalue weighted by molar-refractivity contribution is 7.14. The van der Waals surface area contributed by atoms with Crippen LogP contribution in [0.25, 0.3) is 0 Å². The third-order valence-corrected chi connectivity index (χ3v) is 3.88. The van der Waals surface area contributed by atoms with Crippen LogP contribution in [-0.2, 0) is 9.53 Å². The molecule has 3 N–H and O–H groups in total. The van der Waals surface area contributed by atoms with Crippen LogP contribution in [0.5, 0.6) is 0 Å². The SMILES string of the molecule is Cc1sc(C(=O)OC(C)C(=O)NCCC(C)C)cc1N. The zero-order valence-corrected chi connectivity index (χ0v) is 13.2. The summed E-state index contributed by atoms with van der Waals surface area (Å²) in [6, 6.07) is 1.58. The van der Waals surface area contributed by atoms with Crippen LogP contribution in [0, 0.1) is 12.8 Å². The highest BCUT2D eigenvalue weighted by Gasteiger charge is 2.20. The highest BCUT2D eigenvalue weighted by Crippen LogP contribution is 2.24. The van der Waals surface area contributed by atoms with Crippen molar-refractivity contribution in [2.45, 2.75) is 40.2 Å². The molecular weight excluding hydrogens is 276 g/mol. The Hall–Kier alpha value is -1.56. The summed E-state index contributed by atoms with van der Waals surface area (Å²) < 4.78 is 5.13. The van der Waals surface area contributed by atoms with E-state index in [9.17, 15) is 9.59 Å². The van der Waals surface area contributed by atoms with Gasteiger partial charge in [-0.05, 0) is 32.3 Å². The molecule has 0 fully saturated rings. The summed E-state index contributed by atoms with van der Waals surface area (Å²) in [6.07, 6.45) is 0.0888. The van der Waals surface area contributed by atoms with Gasteiger partial charge < -0.3 is 15.8 Å². The molecule has 0 saturated heterocycles. The van der Waals surface area contributed by atoms with Gasteiger partial charge in [-0.15, -0.1) is 11.3 Å². The first kappa shape index (κ1) is 16.5. The van der Waals surface area contributed by atoms with Crippen LogP contribution >= 0.6 is 11.3 Å². The third kappa shape index (κ3) is 4.85. The van der Waals surface area contributed by atoms with Crippen molar-refractivity contribution < 1.29 is 14.3 Å². The summed E-state index contributed by atoms with van der Waals surface area (Å²) in [5.74, 6) is -0.271. The topological polar surface area (TPSA) is 81.4 Å². The number of ether oxygens (including phenoxy) is 1. The van der Waals surface area contributed by atoms with E-state index in [4.69, 9.17) is 10.5 Å². The van der Waals surface area contributed by atoms with Crippen LogP contribution < -0.4 is 11.1 Å². The highest BCUT2D eigenvalue weighted by atomic mass is 32.1. The van der Waals surface area contributed by atoms with E-state index in [0.717, 1.165) is 11.3 Å². The molecule has 0 bridgehead atoms. The number of thiophene rings is 1. The van der Waals surface area contributed by atoms with Crippen molar-refractivity contribution in [2.24, 2.45) is 5.92 Å². The van der Waals surface area contributed by atoms with Gasteiger partial charge in [-0.25, -0.2) is 4.79 Å². The van der Waals surface area contributed by atoms with E-state index in [1.54, 1.807) is 13.0 Å². The van der Waals surface area contributed by atoms with Gasteiger partial charge in [0.1, 0.15) is 4.88 Å². The number of carbonyl (C=O) groups excluding carboxylic acids is 2. The summed E-state index contributed by atoms with van der Waals surface area (Å²) in [4.78, 5) is 24.9. The summed E-state index contributed by atoms with van der Waals surface area (Å²) >= 11 is 1.27. The van der Waals surface area contributed by atoms with Gasteiger partial charge >= 0.3 is 5.97 Å². The summed E-state index contributed by atoms with van der Waals surface area (Å²) in [6.45, 7) is 8.15. The number of hydrogen-bond acceptors (Lipinski definition) is 5. The van der Waals surface area contributed by atoms with Crippen molar-refractivity contribution in [3.8, 4) is 0 Å². The zero-order chi connectivity index (χ0) is 15.3. The predicted molar refractivity (Wildman–Crippen MR) is 80.8 cm³/mol. The van der Waals surface area contributed by atoms with E-state index in [1.165, 1.54) is 11.3 Å². The number of amides is 1. The molecule has 1 heterocycles. The molecule has 1 aromatic rings. The van der Waals surface area contributed by atoms with E-state index in [0.29, 0.717) is 23.0 Å². The van der Waals surface area contributed by atoms with E-state index < -0.39 is 12.1 Å². The maximum atomic E-state index is 11.9. The zero-order valence-electron chi connectivity index (χ0n) is 12.4. The fourth-order valence-electron chi connectivity index (χ4n) is 1.50. The Kier molecular flexibility index (Phi) is 6.01. The molecule has 0 spiro atoms. The maximum absolute atomic E-state index is 11.9. The Morgan fingerprint density at radius 3 is 2.55 bits per heavy atom. The second kappa shape index (κ2) is 7.28. The molecule has 5 nitrogen and oxygen atoms in total. The first-order chi connectivity index (χ1) is 9.31. The molecule has 0 saturated carbocycles. The molecule has 1 aromatic heterocycles. The Labute approximate surface area is 123 Å². The summed E-state index contributed by atoms with van der Waals surface area (Å²) in [5, 5.41) is 2.75. The third-order valence-electron chi connectivity index (χ3n) is 2.83. The largest absolute Gasteiger partial charge is 0.448 e. The molecule has 1 rings (SSSR count). The molecule has 0 radical (unpaired) electrons. The van der Waals surface area contributed by atoms with E-state index in [-0.39, 0.29) is 5.91 Å². The fraction of sp³-hybridized carbons (Fsp3) is 0.571. The first-order valence-electron chi connectivity index (χ1n) is 6.65. The number of aryl methyl sites for hydroxylation is 1. The maximum Gasteiger partial charge on any atom is 0.349 e. The Balaban J connectivity index is 2.46. The van der Waals surface area contributed by atoms with Gasteiger partial charge in [-0.3, -0.25) is 4.79 Å². The number of hydrogen-bond donors (Lipinski definition) is 2. The minimum Gasteiger partial charge on any atom is -0.448 e. The van der Waals surface area contributed by atoms with E-state index >= 15 is 0 Å². The number of esters is 1. The van der Waals surface area contributed by atoms with Crippen LogP contribution in [0.15, 0.2) is 6.07 Å². The molecule has 1 unspecified atom stereocenters. The summed E-state index contributed by atoms with van der Waals surface area (Å²) in [5.41, 5.74) is 6.25. The van der Waals surface area contributed by atoms with E-state index in [1.807, 2.05) is 6.92 Å². The standard InChI is InChI=1S/C14H22N2O3S/c1-8(2)5-6-16-13(17)9(3)19-14(18)12-7-11(15)10(4)20-12/h7-9H,5-6,15H2,1-4H3,(H,16,17). The molecule has 20 heavy (non-hydrogen) atoms. The van der Waals surface area contributed by atoms with Gasteiger partial charge in [0.25, 0.3) is 5.91 Å². The Morgan fingerprint density at radius 2 is 2.05 bits per heavy atom. The first-order valence-corrected chi connectivity index (χ1v) is 7.47. The van der Waals surface area contributed by atoms with Gasteiger partial charge in [0.2, 0.25) is 0 Å². The molecule has 1 atom stereocenters. The minimum atomic E-state index is -0.807. The minimum absolute atomic E-state index is 0.278. The Morgan fingerprint density at radius 1 is 1.40 bits per heavy atom. The second-order valence-electron chi connectivity index (χ2n) is 5.14. The van der Waals surface area contributed by atoms with Gasteiger partial charge in [0, 0.05) is 17.1 Å². The number of carbonyl (C=O) groups is 2. The van der Waals surface area contributed by atoms with Crippen molar-refractivity contribution in [2.75, 3.05) is 12.3 Å². The molecular formula is C14H22N2O3S. The average molecular weight is 298 g/mol. The normalized spacial score (nSPS) is 12.2. The summed E-state index contributed by atoms with van der Waals surface area (Å²) in [7, 11) is 0. The van der Waals surface area contributed by atoms with E-state index in [2.05, 4.69) is 19.2 Å². The van der Waals surface area contributed by atoms with Crippen molar-refractivity contribution in [3.63, 3.8) is 0 Å². The van der Waals surface area contributed by atoms with Crippen LogP contribution in [0.1, 0.15) is 41.7 Å². The smallest absolute Gasteiger partial charge is 0.349 e. The molecule has 112 valence electrons. The van der Waals surface area contributed by atoms with Crippen molar-refractivity contribution >= 4 is 28.9 Å². The number of nitrogens with one attached hydrogen (secondary N) is 1. The van der Waals surface area contributed by atoms with Crippen LogP contribution in [0.3, 0.4) is 0 Å². The van der Waals surface area contributed by atoms with Crippen molar-refractivity contribution in [1.29, 1.82) is 0 Å². The fourth-order valence-corrected chi connectivity index (χ4v) is 2.32. The lowest BCUT2D eigenvalue weighted by molar-refractivity contribution is -0.129. The van der Waals surface area contributed by atoms with Gasteiger partial charge in [-0.1, -0.05) is 13.8 Å². The molecule has 0 aromatic carbocycles. The van der Waals surface area contributed by atoms with Gasteiger partial charge in [-0.2, -0.15) is 0 Å². The second-order valence-corrected chi connectivity index (χ2v) is 6.40. The van der Waals surface area contributed by atoms with Gasteiger partial charge in [0.05, 0.1) is 0 Å².